The third-order valence-corrected chi connectivity index (χ3v) is 3.35. The summed E-state index contributed by atoms with van der Waals surface area (Å²) in [6.45, 7) is 2.93. The van der Waals surface area contributed by atoms with E-state index in [1.54, 1.807) is 18.3 Å². The van der Waals surface area contributed by atoms with Crippen molar-refractivity contribution in [1.82, 2.24) is 10.3 Å². The summed E-state index contributed by atoms with van der Waals surface area (Å²) in [5, 5.41) is 12.7. The Morgan fingerprint density at radius 3 is 2.88 bits per heavy atom. The van der Waals surface area contributed by atoms with Gasteiger partial charge in [-0.2, -0.15) is 0 Å². The number of halogens is 1. The van der Waals surface area contributed by atoms with E-state index in [4.69, 9.17) is 4.74 Å². The Balaban J connectivity index is 1.80. The molecule has 2 rings (SSSR count). The maximum atomic E-state index is 13.1. The average Bonchev–Trinajstić information content (AvgIpc) is 2.59. The van der Waals surface area contributed by atoms with Crippen LogP contribution in [0.1, 0.15) is 37.0 Å². The molecule has 1 aromatic carbocycles. The number of carbonyl (C=O) groups excluding carboxylic acids is 1. The highest BCUT2D eigenvalue weighted by Crippen LogP contribution is 2.17. The Kier molecular flexibility index (Phi) is 6.69. The maximum Gasteiger partial charge on any atom is 0.223 e. The van der Waals surface area contributed by atoms with Crippen LogP contribution in [0.25, 0.3) is 0 Å². The van der Waals surface area contributed by atoms with Crippen molar-refractivity contribution in [3.05, 3.63) is 59.5 Å². The van der Waals surface area contributed by atoms with E-state index in [-0.39, 0.29) is 12.3 Å². The van der Waals surface area contributed by atoms with Crippen LogP contribution in [-0.4, -0.2) is 22.6 Å². The van der Waals surface area contributed by atoms with E-state index in [0.717, 1.165) is 12.0 Å². The molecule has 0 saturated heterocycles. The number of ether oxygens (including phenoxy) is 1. The standard InChI is InChI=1S/C18H21FN2O3/c1-2-8-24-18-7-6-13(12-21-18)11-20-17(23)10-16(22)14-4-3-5-15(19)9-14/h3-7,9,12,16,22H,2,8,10-11H2,1H3,(H,20,23). The van der Waals surface area contributed by atoms with Crippen LogP contribution in [0.2, 0.25) is 0 Å². The Labute approximate surface area is 140 Å². The molecule has 1 atom stereocenters. The predicted octanol–water partition coefficient (Wildman–Crippen LogP) is 2.75. The van der Waals surface area contributed by atoms with Crippen molar-refractivity contribution in [2.75, 3.05) is 6.61 Å². The summed E-state index contributed by atoms with van der Waals surface area (Å²) in [5.41, 5.74) is 1.21. The van der Waals surface area contributed by atoms with Gasteiger partial charge in [-0.25, -0.2) is 9.37 Å². The number of aliphatic hydroxyl groups excluding tert-OH is 1. The first-order valence-electron chi connectivity index (χ1n) is 7.86. The SMILES string of the molecule is CCCOc1ccc(CNC(=O)CC(O)c2cccc(F)c2)cn1. The summed E-state index contributed by atoms with van der Waals surface area (Å²) < 4.78 is 18.5. The van der Waals surface area contributed by atoms with Crippen LogP contribution < -0.4 is 10.1 Å². The number of nitrogens with one attached hydrogen (secondary N) is 1. The van der Waals surface area contributed by atoms with Crippen LogP contribution in [0.5, 0.6) is 5.88 Å². The first-order chi connectivity index (χ1) is 11.6. The van der Waals surface area contributed by atoms with Gasteiger partial charge in [0.25, 0.3) is 0 Å². The van der Waals surface area contributed by atoms with E-state index in [1.807, 2.05) is 13.0 Å². The van der Waals surface area contributed by atoms with Crippen molar-refractivity contribution in [1.29, 1.82) is 0 Å². The number of rotatable bonds is 8. The number of aromatic nitrogens is 1. The van der Waals surface area contributed by atoms with Gasteiger partial charge in [0.1, 0.15) is 5.82 Å². The van der Waals surface area contributed by atoms with Crippen molar-refractivity contribution < 1.29 is 19.0 Å². The molecule has 0 aliphatic rings. The third kappa shape index (κ3) is 5.62. The summed E-state index contributed by atoms with van der Waals surface area (Å²) in [4.78, 5) is 16.0. The Hall–Kier alpha value is -2.47. The summed E-state index contributed by atoms with van der Waals surface area (Å²) in [7, 11) is 0. The first-order valence-corrected chi connectivity index (χ1v) is 7.86. The van der Waals surface area contributed by atoms with Gasteiger partial charge in [0, 0.05) is 18.8 Å². The zero-order valence-electron chi connectivity index (χ0n) is 13.5. The molecule has 2 N–H and O–H groups in total. The molecule has 1 amide bonds. The van der Waals surface area contributed by atoms with E-state index in [1.165, 1.54) is 18.2 Å². The van der Waals surface area contributed by atoms with E-state index >= 15 is 0 Å². The van der Waals surface area contributed by atoms with Gasteiger partial charge in [0.15, 0.2) is 0 Å². The number of benzene rings is 1. The van der Waals surface area contributed by atoms with Crippen LogP contribution in [0.15, 0.2) is 42.6 Å². The van der Waals surface area contributed by atoms with Crippen molar-refractivity contribution in [3.8, 4) is 5.88 Å². The number of hydrogen-bond acceptors (Lipinski definition) is 4. The minimum Gasteiger partial charge on any atom is -0.478 e. The van der Waals surface area contributed by atoms with Gasteiger partial charge < -0.3 is 15.2 Å². The molecule has 5 nitrogen and oxygen atoms in total. The lowest BCUT2D eigenvalue weighted by Crippen LogP contribution is -2.24. The van der Waals surface area contributed by atoms with Crippen LogP contribution in [0.4, 0.5) is 4.39 Å². The fourth-order valence-electron chi connectivity index (χ4n) is 2.09. The summed E-state index contributed by atoms with van der Waals surface area (Å²) in [6, 6.07) is 9.16. The first kappa shape index (κ1) is 17.9. The molecule has 0 fully saturated rings. The fourth-order valence-corrected chi connectivity index (χ4v) is 2.09. The second kappa shape index (κ2) is 8.98. The smallest absolute Gasteiger partial charge is 0.223 e. The highest BCUT2D eigenvalue weighted by Gasteiger charge is 2.13. The van der Waals surface area contributed by atoms with Gasteiger partial charge in [-0.05, 0) is 29.7 Å². The van der Waals surface area contributed by atoms with E-state index < -0.39 is 11.9 Å². The van der Waals surface area contributed by atoms with Gasteiger partial charge >= 0.3 is 0 Å². The van der Waals surface area contributed by atoms with E-state index in [0.29, 0.717) is 24.6 Å². The minimum atomic E-state index is -1.04. The van der Waals surface area contributed by atoms with Crippen molar-refractivity contribution in [3.63, 3.8) is 0 Å². The third-order valence-electron chi connectivity index (χ3n) is 3.35. The second-order valence-electron chi connectivity index (χ2n) is 5.40. The Bertz CT molecular complexity index is 662. The Morgan fingerprint density at radius 1 is 1.38 bits per heavy atom. The summed E-state index contributed by atoms with van der Waals surface area (Å²) in [5.74, 6) is -0.213. The number of hydrogen-bond donors (Lipinski definition) is 2. The highest BCUT2D eigenvalue weighted by atomic mass is 19.1. The molecule has 0 bridgehead atoms. The largest absolute Gasteiger partial charge is 0.478 e. The maximum absolute atomic E-state index is 13.1. The molecular weight excluding hydrogens is 311 g/mol. The van der Waals surface area contributed by atoms with Gasteiger partial charge in [-0.3, -0.25) is 4.79 Å². The predicted molar refractivity (Wildman–Crippen MR) is 87.8 cm³/mol. The highest BCUT2D eigenvalue weighted by molar-refractivity contribution is 5.76. The molecule has 1 aromatic heterocycles. The van der Waals surface area contributed by atoms with Crippen molar-refractivity contribution in [2.24, 2.45) is 0 Å². The number of carbonyl (C=O) groups is 1. The zero-order valence-corrected chi connectivity index (χ0v) is 13.5. The summed E-state index contributed by atoms with van der Waals surface area (Å²) in [6.07, 6.45) is 1.37. The zero-order chi connectivity index (χ0) is 17.4. The van der Waals surface area contributed by atoms with Gasteiger partial charge in [0.2, 0.25) is 11.8 Å². The molecule has 128 valence electrons. The normalized spacial score (nSPS) is 11.8. The molecule has 24 heavy (non-hydrogen) atoms. The van der Waals surface area contributed by atoms with Crippen LogP contribution in [0.3, 0.4) is 0 Å². The number of nitrogens with zero attached hydrogens (tertiary/aromatic N) is 1. The lowest BCUT2D eigenvalue weighted by Gasteiger charge is -2.11. The van der Waals surface area contributed by atoms with Crippen molar-refractivity contribution in [2.45, 2.75) is 32.4 Å². The monoisotopic (exact) mass is 332 g/mol. The average molecular weight is 332 g/mol. The van der Waals surface area contributed by atoms with Gasteiger partial charge in [-0.15, -0.1) is 0 Å². The lowest BCUT2D eigenvalue weighted by molar-refractivity contribution is -0.123. The number of aliphatic hydroxyl groups is 1. The molecule has 0 spiro atoms. The number of amides is 1. The second-order valence-corrected chi connectivity index (χ2v) is 5.40. The molecule has 1 unspecified atom stereocenters. The van der Waals surface area contributed by atoms with E-state index in [9.17, 15) is 14.3 Å². The molecule has 0 saturated carbocycles. The number of pyridine rings is 1. The molecule has 0 aliphatic heterocycles. The van der Waals surface area contributed by atoms with E-state index in [2.05, 4.69) is 10.3 Å². The molecule has 2 aromatic rings. The van der Waals surface area contributed by atoms with Crippen LogP contribution in [0, 0.1) is 5.82 Å². The molecule has 1 heterocycles. The fraction of sp³-hybridized carbons (Fsp3) is 0.333. The van der Waals surface area contributed by atoms with Crippen molar-refractivity contribution >= 4 is 5.91 Å². The Morgan fingerprint density at radius 2 is 2.21 bits per heavy atom. The molecule has 6 heteroatoms. The van der Waals surface area contributed by atoms with Crippen LogP contribution in [-0.2, 0) is 11.3 Å². The van der Waals surface area contributed by atoms with Crippen LogP contribution >= 0.6 is 0 Å². The topological polar surface area (TPSA) is 71.5 Å². The van der Waals surface area contributed by atoms with Gasteiger partial charge in [-0.1, -0.05) is 25.1 Å². The van der Waals surface area contributed by atoms with Gasteiger partial charge in [0.05, 0.1) is 19.1 Å². The molecular formula is C18H21FN2O3. The quantitative estimate of drug-likeness (QED) is 0.780. The molecule has 0 aliphatic carbocycles. The summed E-state index contributed by atoms with van der Waals surface area (Å²) >= 11 is 0. The lowest BCUT2D eigenvalue weighted by atomic mass is 10.1. The molecule has 0 radical (unpaired) electrons. The minimum absolute atomic E-state index is 0.130.